The van der Waals surface area contributed by atoms with E-state index < -0.39 is 0 Å². The van der Waals surface area contributed by atoms with Gasteiger partial charge < -0.3 is 14.4 Å². The fourth-order valence-electron chi connectivity index (χ4n) is 1.51. The summed E-state index contributed by atoms with van der Waals surface area (Å²) >= 11 is 0. The second kappa shape index (κ2) is 6.11. The maximum absolute atomic E-state index is 8.71. The number of ether oxygens (including phenoxy) is 1. The summed E-state index contributed by atoms with van der Waals surface area (Å²) in [7, 11) is 1.58. The van der Waals surface area contributed by atoms with Crippen LogP contribution in [-0.2, 0) is 12.8 Å². The van der Waals surface area contributed by atoms with E-state index in [4.69, 9.17) is 14.4 Å². The number of hydrogen-bond donors (Lipinski definition) is 1. The minimum Gasteiger partial charge on any atom is -0.481 e. The summed E-state index contributed by atoms with van der Waals surface area (Å²) in [5, 5.41) is 12.6. The van der Waals surface area contributed by atoms with E-state index in [1.165, 1.54) is 0 Å². The number of pyridine rings is 1. The lowest BCUT2D eigenvalue weighted by molar-refractivity contribution is 0.278. The lowest BCUT2D eigenvalue weighted by Gasteiger charge is -1.99. The molecule has 6 heteroatoms. The van der Waals surface area contributed by atoms with Crippen molar-refractivity contribution >= 4 is 0 Å². The molecule has 1 N–H and O–H groups in total. The van der Waals surface area contributed by atoms with Gasteiger partial charge in [-0.2, -0.15) is 4.98 Å². The molecule has 0 spiro atoms. The first-order chi connectivity index (χ1) is 8.81. The Bertz CT molecular complexity index is 482. The molecule has 0 atom stereocenters. The molecule has 0 aliphatic rings. The van der Waals surface area contributed by atoms with Crippen LogP contribution >= 0.6 is 0 Å². The first-order valence-electron chi connectivity index (χ1n) is 5.73. The largest absolute Gasteiger partial charge is 0.481 e. The number of aryl methyl sites for hydroxylation is 1. The molecule has 0 saturated heterocycles. The predicted octanol–water partition coefficient (Wildman–Crippen LogP) is 0.989. The van der Waals surface area contributed by atoms with Gasteiger partial charge in [-0.1, -0.05) is 11.2 Å². The van der Waals surface area contributed by atoms with Crippen LogP contribution in [0.25, 0.3) is 0 Å². The van der Waals surface area contributed by atoms with Gasteiger partial charge in [-0.25, -0.2) is 4.98 Å². The molecule has 2 heterocycles. The van der Waals surface area contributed by atoms with Gasteiger partial charge in [-0.05, 0) is 12.0 Å². The number of methoxy groups -OCH3 is 1. The van der Waals surface area contributed by atoms with E-state index in [0.29, 0.717) is 36.9 Å². The van der Waals surface area contributed by atoms with Crippen LogP contribution < -0.4 is 4.74 Å². The highest BCUT2D eigenvalue weighted by Crippen LogP contribution is 2.10. The van der Waals surface area contributed by atoms with Crippen LogP contribution in [0.5, 0.6) is 5.88 Å². The first kappa shape index (κ1) is 12.5. The van der Waals surface area contributed by atoms with E-state index in [0.717, 1.165) is 5.56 Å². The SMILES string of the molecule is COc1ccc(Cc2noc(CCCO)n2)cn1. The van der Waals surface area contributed by atoms with Gasteiger partial charge in [-0.3, -0.25) is 0 Å². The zero-order chi connectivity index (χ0) is 12.8. The van der Waals surface area contributed by atoms with Crippen molar-refractivity contribution in [3.05, 3.63) is 35.6 Å². The number of aliphatic hydroxyl groups excluding tert-OH is 1. The highest BCUT2D eigenvalue weighted by Gasteiger charge is 2.07. The van der Waals surface area contributed by atoms with Crippen molar-refractivity contribution in [1.29, 1.82) is 0 Å². The molecule has 0 bridgehead atoms. The van der Waals surface area contributed by atoms with E-state index in [-0.39, 0.29) is 6.61 Å². The third-order valence-corrected chi connectivity index (χ3v) is 2.43. The number of hydrogen-bond acceptors (Lipinski definition) is 6. The Balaban J connectivity index is 1.97. The van der Waals surface area contributed by atoms with E-state index in [2.05, 4.69) is 15.1 Å². The number of aromatic nitrogens is 3. The molecule has 0 fully saturated rings. The van der Waals surface area contributed by atoms with Crippen molar-refractivity contribution in [3.8, 4) is 5.88 Å². The summed E-state index contributed by atoms with van der Waals surface area (Å²) in [5.74, 6) is 1.76. The van der Waals surface area contributed by atoms with Crippen LogP contribution in [0.15, 0.2) is 22.9 Å². The van der Waals surface area contributed by atoms with E-state index in [1.54, 1.807) is 19.4 Å². The predicted molar refractivity (Wildman–Crippen MR) is 63.3 cm³/mol. The van der Waals surface area contributed by atoms with E-state index in [1.807, 2.05) is 6.07 Å². The highest BCUT2D eigenvalue weighted by molar-refractivity contribution is 5.20. The van der Waals surface area contributed by atoms with Crippen molar-refractivity contribution in [2.45, 2.75) is 19.3 Å². The summed E-state index contributed by atoms with van der Waals surface area (Å²) in [4.78, 5) is 8.35. The molecule has 0 aromatic carbocycles. The van der Waals surface area contributed by atoms with Crippen LogP contribution in [0, 0.1) is 0 Å². The monoisotopic (exact) mass is 249 g/mol. The molecular formula is C12H15N3O3. The zero-order valence-corrected chi connectivity index (χ0v) is 10.2. The van der Waals surface area contributed by atoms with Crippen LogP contribution in [0.4, 0.5) is 0 Å². The standard InChI is InChI=1S/C12H15N3O3/c1-17-11-5-4-9(8-13-11)7-10-14-12(18-15-10)3-2-6-16/h4-5,8,16H,2-3,6-7H2,1H3. The Kier molecular flexibility index (Phi) is 4.25. The third-order valence-electron chi connectivity index (χ3n) is 2.43. The molecule has 0 radical (unpaired) electrons. The summed E-state index contributed by atoms with van der Waals surface area (Å²) in [6.45, 7) is 0.125. The molecule has 0 saturated carbocycles. The van der Waals surface area contributed by atoms with Crippen LogP contribution in [0.2, 0.25) is 0 Å². The van der Waals surface area contributed by atoms with E-state index >= 15 is 0 Å². The molecule has 2 aromatic heterocycles. The molecule has 0 unspecified atom stereocenters. The first-order valence-corrected chi connectivity index (χ1v) is 5.73. The van der Waals surface area contributed by atoms with Gasteiger partial charge in [0.05, 0.1) is 7.11 Å². The average molecular weight is 249 g/mol. The molecule has 0 aliphatic carbocycles. The summed E-state index contributed by atoms with van der Waals surface area (Å²) < 4.78 is 10.0. The van der Waals surface area contributed by atoms with E-state index in [9.17, 15) is 0 Å². The van der Waals surface area contributed by atoms with Gasteiger partial charge in [0.1, 0.15) is 0 Å². The smallest absolute Gasteiger partial charge is 0.226 e. The van der Waals surface area contributed by atoms with Gasteiger partial charge in [-0.15, -0.1) is 0 Å². The van der Waals surface area contributed by atoms with Gasteiger partial charge >= 0.3 is 0 Å². The van der Waals surface area contributed by atoms with Gasteiger partial charge in [0.15, 0.2) is 5.82 Å². The van der Waals surface area contributed by atoms with Gasteiger partial charge in [0.2, 0.25) is 11.8 Å². The molecular weight excluding hydrogens is 234 g/mol. The lowest BCUT2D eigenvalue weighted by atomic mass is 10.2. The molecule has 96 valence electrons. The van der Waals surface area contributed by atoms with Crippen LogP contribution in [0.1, 0.15) is 23.7 Å². The van der Waals surface area contributed by atoms with Crippen molar-refractivity contribution in [3.63, 3.8) is 0 Å². The Labute approximate surface area is 105 Å². The van der Waals surface area contributed by atoms with Crippen molar-refractivity contribution in [1.82, 2.24) is 15.1 Å². The minimum atomic E-state index is 0.125. The molecule has 2 aromatic rings. The summed E-state index contributed by atoms with van der Waals surface area (Å²) in [6.07, 6.45) is 3.53. The fourth-order valence-corrected chi connectivity index (χ4v) is 1.51. The van der Waals surface area contributed by atoms with Gasteiger partial charge in [0, 0.05) is 31.7 Å². The molecule has 6 nitrogen and oxygen atoms in total. The third kappa shape index (κ3) is 3.27. The number of rotatable bonds is 6. The molecule has 0 amide bonds. The second-order valence-corrected chi connectivity index (χ2v) is 3.82. The summed E-state index contributed by atoms with van der Waals surface area (Å²) in [6, 6.07) is 3.71. The Morgan fingerprint density at radius 1 is 1.39 bits per heavy atom. The van der Waals surface area contributed by atoms with Crippen molar-refractivity contribution in [2.24, 2.45) is 0 Å². The average Bonchev–Trinajstić information content (AvgIpc) is 2.85. The quantitative estimate of drug-likeness (QED) is 0.822. The Hall–Kier alpha value is -1.95. The topological polar surface area (TPSA) is 81.3 Å². The van der Waals surface area contributed by atoms with Crippen LogP contribution in [0.3, 0.4) is 0 Å². The maximum Gasteiger partial charge on any atom is 0.226 e. The Morgan fingerprint density at radius 2 is 2.28 bits per heavy atom. The fraction of sp³-hybridized carbons (Fsp3) is 0.417. The molecule has 18 heavy (non-hydrogen) atoms. The van der Waals surface area contributed by atoms with Gasteiger partial charge in [0.25, 0.3) is 0 Å². The highest BCUT2D eigenvalue weighted by atomic mass is 16.5. The Morgan fingerprint density at radius 3 is 2.94 bits per heavy atom. The minimum absolute atomic E-state index is 0.125. The lowest BCUT2D eigenvalue weighted by Crippen LogP contribution is -1.94. The van der Waals surface area contributed by atoms with Crippen molar-refractivity contribution in [2.75, 3.05) is 13.7 Å². The summed E-state index contributed by atoms with van der Waals surface area (Å²) in [5.41, 5.74) is 0.991. The van der Waals surface area contributed by atoms with Crippen LogP contribution in [-0.4, -0.2) is 33.9 Å². The normalized spacial score (nSPS) is 10.6. The number of aliphatic hydroxyl groups is 1. The molecule has 2 rings (SSSR count). The number of nitrogens with zero attached hydrogens (tertiary/aromatic N) is 3. The molecule has 0 aliphatic heterocycles. The zero-order valence-electron chi connectivity index (χ0n) is 10.2. The second-order valence-electron chi connectivity index (χ2n) is 3.82. The van der Waals surface area contributed by atoms with Crippen molar-refractivity contribution < 1.29 is 14.4 Å². The maximum atomic E-state index is 8.71.